The van der Waals surface area contributed by atoms with Crippen LogP contribution >= 0.6 is 0 Å². The molecule has 0 aromatic heterocycles. The van der Waals surface area contributed by atoms with E-state index in [0.717, 1.165) is 25.8 Å². The first-order valence-corrected chi connectivity index (χ1v) is 9.05. The highest BCUT2D eigenvalue weighted by Gasteiger charge is 2.69. The number of carbonyl (C=O) groups excluding carboxylic acids is 1. The molecular weight excluding hydrogens is 300 g/mol. The number of hydrogen-bond acceptors (Lipinski definition) is 2. The molecule has 0 radical (unpaired) electrons. The number of hydrogen-bond donors (Lipinski definition) is 1. The van der Waals surface area contributed by atoms with Crippen molar-refractivity contribution in [2.75, 3.05) is 6.54 Å². The van der Waals surface area contributed by atoms with E-state index in [4.69, 9.17) is 4.74 Å². The number of amides is 1. The lowest BCUT2D eigenvalue weighted by molar-refractivity contribution is -0.792. The summed E-state index contributed by atoms with van der Waals surface area (Å²) in [4.78, 5) is 14.8. The Morgan fingerprint density at radius 1 is 1.04 bits per heavy atom. The minimum atomic E-state index is -0.470. The van der Waals surface area contributed by atoms with Crippen molar-refractivity contribution in [3.05, 3.63) is 35.4 Å². The molecule has 0 aliphatic carbocycles. The number of rotatable bonds is 0. The monoisotopic (exact) mass is 329 g/mol. The molecule has 1 aromatic carbocycles. The molecule has 1 atom stereocenters. The second kappa shape index (κ2) is 4.54. The molecule has 2 fully saturated rings. The van der Waals surface area contributed by atoms with E-state index >= 15 is 0 Å². The Balaban J connectivity index is 1.93. The van der Waals surface area contributed by atoms with E-state index in [1.807, 2.05) is 4.90 Å². The van der Waals surface area contributed by atoms with Gasteiger partial charge >= 0.3 is 6.09 Å². The molecule has 1 unspecified atom stereocenters. The van der Waals surface area contributed by atoms with Gasteiger partial charge in [-0.3, -0.25) is 4.90 Å². The Hall–Kier alpha value is -1.55. The smallest absolute Gasteiger partial charge is 0.411 e. The van der Waals surface area contributed by atoms with E-state index in [2.05, 4.69) is 64.2 Å². The van der Waals surface area contributed by atoms with Crippen molar-refractivity contribution in [3.8, 4) is 0 Å². The summed E-state index contributed by atoms with van der Waals surface area (Å²) in [6, 6.07) is 8.60. The Bertz CT molecular complexity index is 693. The standard InChI is InChI=1S/C20H28N2O2/c1-17(2)12-20(13-18(3,4)21-17)19(5)15-9-7-6-8-14(15)10-11-22(19)16(23)24-20/h6-9,21H,10-13H2,1-5H3/p+1. The summed E-state index contributed by atoms with van der Waals surface area (Å²) in [6.07, 6.45) is 2.52. The number of carbonyl (C=O) groups is 1. The van der Waals surface area contributed by atoms with Crippen molar-refractivity contribution in [1.82, 2.24) is 4.90 Å². The fourth-order valence-corrected chi connectivity index (χ4v) is 6.01. The highest BCUT2D eigenvalue weighted by molar-refractivity contribution is 5.74. The maximum absolute atomic E-state index is 12.8. The van der Waals surface area contributed by atoms with Crippen LogP contribution in [0.2, 0.25) is 0 Å². The van der Waals surface area contributed by atoms with E-state index in [0.29, 0.717) is 0 Å². The van der Waals surface area contributed by atoms with E-state index in [1.165, 1.54) is 11.1 Å². The average Bonchev–Trinajstić information content (AvgIpc) is 2.63. The van der Waals surface area contributed by atoms with Gasteiger partial charge in [-0.25, -0.2) is 4.79 Å². The zero-order chi connectivity index (χ0) is 17.4. The lowest BCUT2D eigenvalue weighted by Crippen LogP contribution is -3.07. The van der Waals surface area contributed by atoms with Crippen molar-refractivity contribution in [2.24, 2.45) is 0 Å². The van der Waals surface area contributed by atoms with Crippen LogP contribution in [0.1, 0.15) is 58.6 Å². The van der Waals surface area contributed by atoms with Gasteiger partial charge in [0.05, 0.1) is 11.1 Å². The fraction of sp³-hybridized carbons (Fsp3) is 0.650. The number of benzene rings is 1. The molecule has 1 amide bonds. The Labute approximate surface area is 144 Å². The minimum absolute atomic E-state index is 0.0352. The van der Waals surface area contributed by atoms with Gasteiger partial charge in [-0.1, -0.05) is 24.3 Å². The number of fused-ring (bicyclic) bond motifs is 4. The molecule has 3 aliphatic rings. The summed E-state index contributed by atoms with van der Waals surface area (Å²) < 4.78 is 6.23. The number of piperidine rings is 1. The first kappa shape index (κ1) is 15.9. The van der Waals surface area contributed by atoms with Crippen molar-refractivity contribution >= 4 is 6.09 Å². The lowest BCUT2D eigenvalue weighted by atomic mass is 9.61. The van der Waals surface area contributed by atoms with E-state index < -0.39 is 5.60 Å². The molecule has 1 spiro atoms. The van der Waals surface area contributed by atoms with Gasteiger partial charge in [0.15, 0.2) is 5.60 Å². The Morgan fingerprint density at radius 2 is 1.67 bits per heavy atom. The molecule has 3 heterocycles. The van der Waals surface area contributed by atoms with Gasteiger partial charge in [-0.2, -0.15) is 0 Å². The molecule has 4 rings (SSSR count). The maximum atomic E-state index is 12.8. The second-order valence-corrected chi connectivity index (χ2v) is 9.47. The molecule has 1 aromatic rings. The average molecular weight is 329 g/mol. The maximum Gasteiger partial charge on any atom is 0.411 e. The van der Waals surface area contributed by atoms with Crippen LogP contribution in [0.5, 0.6) is 0 Å². The highest BCUT2D eigenvalue weighted by Crippen LogP contribution is 2.56. The summed E-state index contributed by atoms with van der Waals surface area (Å²) in [5.74, 6) is 0. The largest absolute Gasteiger partial charge is 0.439 e. The van der Waals surface area contributed by atoms with Gasteiger partial charge in [0.25, 0.3) is 0 Å². The van der Waals surface area contributed by atoms with Gasteiger partial charge in [0, 0.05) is 19.4 Å². The van der Waals surface area contributed by atoms with Crippen LogP contribution in [0.15, 0.2) is 24.3 Å². The van der Waals surface area contributed by atoms with Crippen LogP contribution in [-0.2, 0) is 16.7 Å². The highest BCUT2D eigenvalue weighted by atomic mass is 16.6. The zero-order valence-electron chi connectivity index (χ0n) is 15.5. The Morgan fingerprint density at radius 3 is 2.33 bits per heavy atom. The van der Waals surface area contributed by atoms with Crippen molar-refractivity contribution in [1.29, 1.82) is 0 Å². The summed E-state index contributed by atoms with van der Waals surface area (Å²) in [6.45, 7) is 12.1. The first-order chi connectivity index (χ1) is 11.1. The van der Waals surface area contributed by atoms with E-state index in [9.17, 15) is 4.79 Å². The fourth-order valence-electron chi connectivity index (χ4n) is 6.01. The van der Waals surface area contributed by atoms with Gasteiger partial charge in [-0.15, -0.1) is 0 Å². The van der Waals surface area contributed by atoms with Gasteiger partial charge in [0.2, 0.25) is 0 Å². The summed E-state index contributed by atoms with van der Waals surface area (Å²) in [7, 11) is 0. The molecule has 4 heteroatoms. The van der Waals surface area contributed by atoms with Crippen LogP contribution in [0.25, 0.3) is 0 Å². The summed E-state index contributed by atoms with van der Waals surface area (Å²) in [5, 5.41) is 2.44. The normalized spacial score (nSPS) is 32.2. The van der Waals surface area contributed by atoms with Crippen LogP contribution in [-0.4, -0.2) is 34.2 Å². The third kappa shape index (κ3) is 1.98. The number of nitrogens with zero attached hydrogens (tertiary/aromatic N) is 1. The molecule has 3 aliphatic heterocycles. The van der Waals surface area contributed by atoms with Gasteiger partial charge < -0.3 is 10.1 Å². The van der Waals surface area contributed by atoms with Crippen molar-refractivity contribution < 1.29 is 14.8 Å². The number of ether oxygens (including phenoxy) is 1. The van der Waals surface area contributed by atoms with Crippen molar-refractivity contribution in [3.63, 3.8) is 0 Å². The molecule has 24 heavy (non-hydrogen) atoms. The predicted molar refractivity (Wildman–Crippen MR) is 92.7 cm³/mol. The summed E-state index contributed by atoms with van der Waals surface area (Å²) >= 11 is 0. The summed E-state index contributed by atoms with van der Waals surface area (Å²) in [5.41, 5.74) is 1.85. The number of quaternary nitrogens is 1. The van der Waals surface area contributed by atoms with Crippen LogP contribution in [0.3, 0.4) is 0 Å². The second-order valence-electron chi connectivity index (χ2n) is 9.47. The van der Waals surface area contributed by atoms with Crippen molar-refractivity contribution in [2.45, 2.75) is 76.1 Å². The third-order valence-corrected chi connectivity index (χ3v) is 6.34. The van der Waals surface area contributed by atoms with Crippen LogP contribution in [0, 0.1) is 0 Å². The van der Waals surface area contributed by atoms with Gasteiger partial charge in [0.1, 0.15) is 5.54 Å². The predicted octanol–water partition coefficient (Wildman–Crippen LogP) is 2.56. The zero-order valence-corrected chi connectivity index (χ0v) is 15.5. The molecule has 0 bridgehead atoms. The van der Waals surface area contributed by atoms with E-state index in [1.54, 1.807) is 0 Å². The molecule has 130 valence electrons. The Kier molecular flexibility index (Phi) is 3.02. The third-order valence-electron chi connectivity index (χ3n) is 6.34. The topological polar surface area (TPSA) is 46.1 Å². The van der Waals surface area contributed by atoms with E-state index in [-0.39, 0.29) is 22.7 Å². The first-order valence-electron chi connectivity index (χ1n) is 9.05. The molecular formula is C20H29N2O2+. The van der Waals surface area contributed by atoms with Crippen LogP contribution in [0.4, 0.5) is 4.79 Å². The molecule has 2 N–H and O–H groups in total. The quantitative estimate of drug-likeness (QED) is 0.795. The lowest BCUT2D eigenvalue weighted by Gasteiger charge is -2.54. The number of nitrogens with two attached hydrogens (primary N) is 1. The molecule has 0 saturated carbocycles. The SMILES string of the molecule is CC1(C)CC2(CC(C)(C)[NH2+]1)OC(=O)N1CCc3ccccc3C12C. The van der Waals surface area contributed by atoms with Crippen LogP contribution < -0.4 is 5.32 Å². The molecule has 4 nitrogen and oxygen atoms in total. The molecule has 2 saturated heterocycles. The van der Waals surface area contributed by atoms with Gasteiger partial charge in [-0.05, 0) is 52.2 Å². The minimum Gasteiger partial charge on any atom is -0.439 e.